The van der Waals surface area contributed by atoms with E-state index in [2.05, 4.69) is 5.32 Å². The lowest BCUT2D eigenvalue weighted by molar-refractivity contribution is -0.124. The van der Waals surface area contributed by atoms with Gasteiger partial charge in [-0.1, -0.05) is 0 Å². The topological polar surface area (TPSA) is 52.6 Å². The average Bonchev–Trinajstić information content (AvgIpc) is 2.42. The smallest absolute Gasteiger partial charge is 0.241 e. The summed E-state index contributed by atoms with van der Waals surface area (Å²) < 4.78 is 0. The van der Waals surface area contributed by atoms with Crippen molar-refractivity contribution >= 4 is 5.91 Å². The fourth-order valence-electron chi connectivity index (χ4n) is 2.12. The van der Waals surface area contributed by atoms with Gasteiger partial charge in [0.1, 0.15) is 0 Å². The first kappa shape index (κ1) is 9.68. The highest BCUT2D eigenvalue weighted by molar-refractivity contribution is 5.84. The van der Waals surface area contributed by atoms with Crippen molar-refractivity contribution in [3.05, 3.63) is 11.3 Å². The molecule has 0 spiro atoms. The molecule has 0 bridgehead atoms. The average molecular weight is 196 g/mol. The van der Waals surface area contributed by atoms with Crippen molar-refractivity contribution in [1.29, 1.82) is 0 Å². The van der Waals surface area contributed by atoms with E-state index in [-0.39, 0.29) is 18.1 Å². The second kappa shape index (κ2) is 3.37. The Balaban J connectivity index is 2.23. The predicted octanol–water partition coefficient (Wildman–Crippen LogP) is -0.155. The quantitative estimate of drug-likeness (QED) is 0.566. The van der Waals surface area contributed by atoms with Crippen LogP contribution in [-0.4, -0.2) is 41.1 Å². The Morgan fingerprint density at radius 3 is 2.93 bits per heavy atom. The van der Waals surface area contributed by atoms with E-state index in [1.807, 2.05) is 18.7 Å². The van der Waals surface area contributed by atoms with Gasteiger partial charge in [0.25, 0.3) is 0 Å². The first-order chi connectivity index (χ1) is 6.58. The fraction of sp³-hybridized carbons (Fsp3) is 0.700. The standard InChI is InChI=1S/C10H16N2O2/c1-6-4-12-5-8(13)3-9(12)10(14)11-7(6)2/h8-9,13H,3-5H2,1-2H3,(H,11,14)/t8-,9-/m0/s1. The van der Waals surface area contributed by atoms with Crippen LogP contribution in [0.1, 0.15) is 20.3 Å². The molecule has 2 N–H and O–H groups in total. The van der Waals surface area contributed by atoms with Crippen molar-refractivity contribution in [1.82, 2.24) is 10.2 Å². The van der Waals surface area contributed by atoms with Gasteiger partial charge in [-0.25, -0.2) is 0 Å². The molecule has 2 aliphatic heterocycles. The van der Waals surface area contributed by atoms with Gasteiger partial charge >= 0.3 is 0 Å². The molecule has 0 aliphatic carbocycles. The van der Waals surface area contributed by atoms with E-state index in [0.29, 0.717) is 13.0 Å². The van der Waals surface area contributed by atoms with Crippen LogP contribution in [-0.2, 0) is 4.79 Å². The highest BCUT2D eigenvalue weighted by Gasteiger charge is 2.37. The second-order valence-electron chi connectivity index (χ2n) is 4.23. The van der Waals surface area contributed by atoms with Crippen LogP contribution < -0.4 is 5.32 Å². The molecule has 78 valence electrons. The zero-order valence-corrected chi connectivity index (χ0v) is 8.58. The van der Waals surface area contributed by atoms with Crippen LogP contribution >= 0.6 is 0 Å². The van der Waals surface area contributed by atoms with E-state index >= 15 is 0 Å². The van der Waals surface area contributed by atoms with Crippen molar-refractivity contribution in [2.45, 2.75) is 32.4 Å². The van der Waals surface area contributed by atoms with Gasteiger partial charge in [-0.15, -0.1) is 0 Å². The van der Waals surface area contributed by atoms with Crippen LogP contribution in [0.5, 0.6) is 0 Å². The minimum absolute atomic E-state index is 0.0240. The Hall–Kier alpha value is -0.870. The lowest BCUT2D eigenvalue weighted by Gasteiger charge is -2.19. The van der Waals surface area contributed by atoms with Crippen molar-refractivity contribution in [2.24, 2.45) is 0 Å². The maximum atomic E-state index is 11.7. The molecule has 4 heteroatoms. The zero-order chi connectivity index (χ0) is 10.3. The second-order valence-corrected chi connectivity index (χ2v) is 4.23. The van der Waals surface area contributed by atoms with E-state index in [9.17, 15) is 9.90 Å². The van der Waals surface area contributed by atoms with Crippen molar-refractivity contribution in [3.8, 4) is 0 Å². The molecule has 4 nitrogen and oxygen atoms in total. The third-order valence-electron chi connectivity index (χ3n) is 3.08. The maximum Gasteiger partial charge on any atom is 0.241 e. The fourth-order valence-corrected chi connectivity index (χ4v) is 2.12. The van der Waals surface area contributed by atoms with Crippen molar-refractivity contribution in [2.75, 3.05) is 13.1 Å². The molecular weight excluding hydrogens is 180 g/mol. The van der Waals surface area contributed by atoms with Crippen molar-refractivity contribution in [3.63, 3.8) is 0 Å². The molecule has 0 aromatic carbocycles. The number of amides is 1. The SMILES string of the molecule is CC1=C(C)NC(=O)[C@@H]2C[C@H](O)CN2C1. The molecule has 2 rings (SSSR count). The highest BCUT2D eigenvalue weighted by Crippen LogP contribution is 2.22. The third-order valence-corrected chi connectivity index (χ3v) is 3.08. The number of fused-ring (bicyclic) bond motifs is 1. The molecule has 1 saturated heterocycles. The van der Waals surface area contributed by atoms with E-state index in [1.165, 1.54) is 5.57 Å². The molecule has 0 aromatic heterocycles. The summed E-state index contributed by atoms with van der Waals surface area (Å²) >= 11 is 0. The molecule has 0 saturated carbocycles. The molecule has 14 heavy (non-hydrogen) atoms. The predicted molar refractivity (Wildman–Crippen MR) is 52.5 cm³/mol. The first-order valence-corrected chi connectivity index (χ1v) is 4.97. The number of allylic oxidation sites excluding steroid dienone is 1. The number of rotatable bonds is 0. The number of hydrogen-bond acceptors (Lipinski definition) is 3. The Morgan fingerprint density at radius 2 is 2.21 bits per heavy atom. The largest absolute Gasteiger partial charge is 0.392 e. The van der Waals surface area contributed by atoms with Crippen LogP contribution in [0, 0.1) is 0 Å². The number of aliphatic hydroxyl groups is 1. The maximum absolute atomic E-state index is 11.7. The summed E-state index contributed by atoms with van der Waals surface area (Å²) in [5, 5.41) is 12.4. The van der Waals surface area contributed by atoms with Gasteiger partial charge < -0.3 is 10.4 Å². The lowest BCUT2D eigenvalue weighted by Crippen LogP contribution is -2.40. The summed E-state index contributed by atoms with van der Waals surface area (Å²) in [5.41, 5.74) is 2.13. The molecule has 1 fully saturated rings. The van der Waals surface area contributed by atoms with Gasteiger partial charge in [0.2, 0.25) is 5.91 Å². The minimum Gasteiger partial charge on any atom is -0.392 e. The van der Waals surface area contributed by atoms with Crippen LogP contribution in [0.2, 0.25) is 0 Å². The number of carbonyl (C=O) groups is 1. The minimum atomic E-state index is -0.350. The Bertz CT molecular complexity index is 298. The van der Waals surface area contributed by atoms with E-state index in [1.54, 1.807) is 0 Å². The summed E-state index contributed by atoms with van der Waals surface area (Å²) in [6, 6.07) is -0.141. The van der Waals surface area contributed by atoms with E-state index in [0.717, 1.165) is 12.2 Å². The summed E-state index contributed by atoms with van der Waals surface area (Å²) in [7, 11) is 0. The number of carbonyl (C=O) groups excluding carboxylic acids is 1. The monoisotopic (exact) mass is 196 g/mol. The Kier molecular flexibility index (Phi) is 2.33. The molecule has 0 unspecified atom stereocenters. The number of nitrogens with one attached hydrogen (secondary N) is 1. The van der Waals surface area contributed by atoms with Crippen LogP contribution in [0.3, 0.4) is 0 Å². The van der Waals surface area contributed by atoms with Gasteiger partial charge in [0.15, 0.2) is 0 Å². The normalized spacial score (nSPS) is 34.1. The van der Waals surface area contributed by atoms with Gasteiger partial charge in [0, 0.05) is 18.8 Å². The molecule has 0 radical (unpaired) electrons. The molecular formula is C10H16N2O2. The first-order valence-electron chi connectivity index (χ1n) is 4.97. The van der Waals surface area contributed by atoms with Gasteiger partial charge in [-0.3, -0.25) is 9.69 Å². The molecule has 1 amide bonds. The number of hydrogen-bond donors (Lipinski definition) is 2. The van der Waals surface area contributed by atoms with Gasteiger partial charge in [-0.05, 0) is 25.8 Å². The number of nitrogens with zero attached hydrogens (tertiary/aromatic N) is 1. The molecule has 2 atom stereocenters. The summed E-state index contributed by atoms with van der Waals surface area (Å²) in [4.78, 5) is 13.7. The molecule has 2 aliphatic rings. The lowest BCUT2D eigenvalue weighted by atomic mass is 10.2. The molecule has 0 aromatic rings. The summed E-state index contributed by atoms with van der Waals surface area (Å²) in [5.74, 6) is 0.0240. The van der Waals surface area contributed by atoms with E-state index < -0.39 is 0 Å². The van der Waals surface area contributed by atoms with Crippen LogP contribution in [0.4, 0.5) is 0 Å². The highest BCUT2D eigenvalue weighted by atomic mass is 16.3. The van der Waals surface area contributed by atoms with Crippen LogP contribution in [0.25, 0.3) is 0 Å². The third kappa shape index (κ3) is 1.55. The zero-order valence-electron chi connectivity index (χ0n) is 8.58. The van der Waals surface area contributed by atoms with Gasteiger partial charge in [0.05, 0.1) is 12.1 Å². The van der Waals surface area contributed by atoms with E-state index in [4.69, 9.17) is 0 Å². The Morgan fingerprint density at radius 1 is 1.50 bits per heavy atom. The molecule has 2 heterocycles. The Labute approximate surface area is 83.6 Å². The van der Waals surface area contributed by atoms with Crippen molar-refractivity contribution < 1.29 is 9.90 Å². The summed E-state index contributed by atoms with van der Waals surface area (Å²) in [6.45, 7) is 5.34. The summed E-state index contributed by atoms with van der Waals surface area (Å²) in [6.07, 6.45) is 0.212. The number of aliphatic hydroxyl groups excluding tert-OH is 1. The van der Waals surface area contributed by atoms with Crippen LogP contribution in [0.15, 0.2) is 11.3 Å². The van der Waals surface area contributed by atoms with Gasteiger partial charge in [-0.2, -0.15) is 0 Å².